The molecule has 41 heavy (non-hydrogen) atoms. The zero-order chi connectivity index (χ0) is 29.4. The number of nitrogens with one attached hydrogen (secondary N) is 3. The molecule has 3 amide bonds. The third-order valence-corrected chi connectivity index (χ3v) is 5.63. The Morgan fingerprint density at radius 3 is 2.56 bits per heavy atom. The molecule has 216 valence electrons. The topological polar surface area (TPSA) is 140 Å². The molecule has 12 nitrogen and oxygen atoms in total. The van der Waals surface area contributed by atoms with Crippen LogP contribution in [0.15, 0.2) is 60.7 Å². The normalized spacial score (nSPS) is 12.3. The number of carbonyl (C=O) groups excluding carboxylic acids is 3. The van der Waals surface area contributed by atoms with Gasteiger partial charge in [-0.3, -0.25) is 4.90 Å². The van der Waals surface area contributed by atoms with E-state index in [1.165, 1.54) is 18.1 Å². The maximum Gasteiger partial charge on any atom is 0.407 e. The van der Waals surface area contributed by atoms with Crippen molar-refractivity contribution in [3.63, 3.8) is 0 Å². The number of benzene rings is 2. The second-order valence-electron chi connectivity index (χ2n) is 9.92. The first-order valence-corrected chi connectivity index (χ1v) is 13.0. The summed E-state index contributed by atoms with van der Waals surface area (Å²) in [5, 5.41) is 8.68. The number of ether oxygens (including phenoxy) is 4. The van der Waals surface area contributed by atoms with Crippen LogP contribution in [0.1, 0.15) is 31.1 Å². The number of anilines is 4. The van der Waals surface area contributed by atoms with E-state index in [1.807, 2.05) is 18.2 Å². The van der Waals surface area contributed by atoms with Crippen LogP contribution in [0.5, 0.6) is 11.5 Å². The average Bonchev–Trinajstić information content (AvgIpc) is 2.94. The Balaban J connectivity index is 1.50. The van der Waals surface area contributed by atoms with E-state index in [0.717, 1.165) is 0 Å². The lowest BCUT2D eigenvalue weighted by Crippen LogP contribution is -2.41. The number of hydrogen-bond donors (Lipinski definition) is 3. The molecule has 0 saturated heterocycles. The van der Waals surface area contributed by atoms with Gasteiger partial charge >= 0.3 is 18.1 Å². The molecule has 2 aromatic carbocycles. The zero-order valence-electron chi connectivity index (χ0n) is 23.4. The number of aromatic nitrogens is 1. The summed E-state index contributed by atoms with van der Waals surface area (Å²) in [7, 11) is 1.29. The summed E-state index contributed by atoms with van der Waals surface area (Å²) in [6.45, 7) is 6.22. The maximum absolute atomic E-state index is 13.1. The molecule has 0 aliphatic carbocycles. The zero-order valence-corrected chi connectivity index (χ0v) is 23.4. The molecule has 4 rings (SSSR count). The van der Waals surface area contributed by atoms with Gasteiger partial charge in [0, 0.05) is 5.69 Å². The molecule has 1 aliphatic rings. The van der Waals surface area contributed by atoms with Crippen molar-refractivity contribution in [2.45, 2.75) is 26.4 Å². The van der Waals surface area contributed by atoms with Gasteiger partial charge < -0.3 is 34.9 Å². The lowest BCUT2D eigenvalue weighted by molar-refractivity contribution is 0.0519. The summed E-state index contributed by atoms with van der Waals surface area (Å²) in [4.78, 5) is 43.3. The van der Waals surface area contributed by atoms with Crippen molar-refractivity contribution in [3.05, 3.63) is 66.2 Å². The first kappa shape index (κ1) is 29.0. The number of hydrogen-bond acceptors (Lipinski definition) is 9. The van der Waals surface area contributed by atoms with Crippen molar-refractivity contribution in [1.82, 2.24) is 10.3 Å². The third-order valence-electron chi connectivity index (χ3n) is 5.63. The monoisotopic (exact) mass is 563 g/mol. The van der Waals surface area contributed by atoms with Crippen molar-refractivity contribution < 1.29 is 33.3 Å². The Labute approximate surface area is 237 Å². The Hall–Kier alpha value is -5.00. The molecule has 0 fully saturated rings. The second kappa shape index (κ2) is 12.9. The summed E-state index contributed by atoms with van der Waals surface area (Å²) in [5.41, 5.74) is 0.818. The predicted octanol–water partition coefficient (Wildman–Crippen LogP) is 4.95. The highest BCUT2D eigenvalue weighted by molar-refractivity contribution is 6.02. The number of carbonyl (C=O) groups is 3. The van der Waals surface area contributed by atoms with Crippen molar-refractivity contribution in [1.29, 1.82) is 0 Å². The Bertz CT molecular complexity index is 1390. The van der Waals surface area contributed by atoms with E-state index < -0.39 is 17.7 Å². The SMILES string of the molecule is COC(=O)c1ccc(Nc2ccc3c(n2)N(C(=O)Nc2ccccc2)CCO3)c(OCCNC(=O)OC(C)(C)C)c1. The average molecular weight is 564 g/mol. The van der Waals surface area contributed by atoms with Crippen LogP contribution in [0.25, 0.3) is 0 Å². The molecule has 3 N–H and O–H groups in total. The molecule has 2 heterocycles. The van der Waals surface area contributed by atoms with Crippen LogP contribution in [0.3, 0.4) is 0 Å². The van der Waals surface area contributed by atoms with Gasteiger partial charge in [0.05, 0.1) is 31.5 Å². The number of alkyl carbamates (subject to hydrolysis) is 1. The van der Waals surface area contributed by atoms with E-state index >= 15 is 0 Å². The number of amides is 3. The highest BCUT2D eigenvalue weighted by Crippen LogP contribution is 2.34. The van der Waals surface area contributed by atoms with Crippen LogP contribution < -0.4 is 30.3 Å². The van der Waals surface area contributed by atoms with Gasteiger partial charge in [0.25, 0.3) is 0 Å². The maximum atomic E-state index is 13.1. The Morgan fingerprint density at radius 2 is 1.83 bits per heavy atom. The fraction of sp³-hybridized carbons (Fsp3) is 0.310. The molecule has 3 aromatic rings. The minimum Gasteiger partial charge on any atom is -0.490 e. The lowest BCUT2D eigenvalue weighted by Gasteiger charge is -2.29. The van der Waals surface area contributed by atoms with Gasteiger partial charge in [0.15, 0.2) is 11.6 Å². The molecule has 0 saturated carbocycles. The van der Waals surface area contributed by atoms with Crippen LogP contribution in [-0.4, -0.2) is 62.1 Å². The number of fused-ring (bicyclic) bond motifs is 1. The quantitative estimate of drug-likeness (QED) is 0.257. The molecule has 0 bridgehead atoms. The molecule has 0 spiro atoms. The van der Waals surface area contributed by atoms with E-state index in [9.17, 15) is 14.4 Å². The minimum atomic E-state index is -0.623. The van der Waals surface area contributed by atoms with Crippen LogP contribution in [0.4, 0.5) is 32.6 Å². The molecule has 12 heteroatoms. The van der Waals surface area contributed by atoms with Crippen LogP contribution >= 0.6 is 0 Å². The molecule has 0 unspecified atom stereocenters. The van der Waals surface area contributed by atoms with Crippen molar-refractivity contribution in [3.8, 4) is 11.5 Å². The van der Waals surface area contributed by atoms with Gasteiger partial charge in [-0.05, 0) is 63.2 Å². The van der Waals surface area contributed by atoms with Crippen molar-refractivity contribution in [2.75, 3.05) is 48.9 Å². The molecule has 0 radical (unpaired) electrons. The Kier molecular flexibility index (Phi) is 9.12. The number of methoxy groups -OCH3 is 1. The highest BCUT2D eigenvalue weighted by atomic mass is 16.6. The van der Waals surface area contributed by atoms with Crippen molar-refractivity contribution >= 4 is 41.1 Å². The summed E-state index contributed by atoms with van der Waals surface area (Å²) < 4.78 is 21.7. The lowest BCUT2D eigenvalue weighted by atomic mass is 10.2. The fourth-order valence-electron chi connectivity index (χ4n) is 3.83. The van der Waals surface area contributed by atoms with E-state index in [1.54, 1.807) is 57.2 Å². The first-order valence-electron chi connectivity index (χ1n) is 13.0. The number of rotatable bonds is 8. The molecule has 1 aromatic heterocycles. The smallest absolute Gasteiger partial charge is 0.407 e. The minimum absolute atomic E-state index is 0.0947. The van der Waals surface area contributed by atoms with E-state index in [2.05, 4.69) is 20.9 Å². The first-order chi connectivity index (χ1) is 19.6. The number of esters is 1. The molecular weight excluding hydrogens is 530 g/mol. The fourth-order valence-corrected chi connectivity index (χ4v) is 3.83. The summed E-state index contributed by atoms with van der Waals surface area (Å²) in [5.74, 6) is 1.03. The van der Waals surface area contributed by atoms with E-state index in [4.69, 9.17) is 18.9 Å². The van der Waals surface area contributed by atoms with E-state index in [0.29, 0.717) is 47.7 Å². The van der Waals surface area contributed by atoms with Crippen LogP contribution in [0.2, 0.25) is 0 Å². The van der Waals surface area contributed by atoms with Gasteiger partial charge in [-0.1, -0.05) is 18.2 Å². The number of pyridine rings is 1. The third kappa shape index (κ3) is 8.01. The predicted molar refractivity (Wildman–Crippen MR) is 153 cm³/mol. The molecule has 1 aliphatic heterocycles. The van der Waals surface area contributed by atoms with Crippen molar-refractivity contribution in [2.24, 2.45) is 0 Å². The summed E-state index contributed by atoms with van der Waals surface area (Å²) in [6, 6.07) is 17.0. The number of para-hydroxylation sites is 1. The standard InChI is InChI=1S/C29H33N5O7/c1-29(2,3)41-28(37)30-14-16-39-23-18-19(26(35)38-4)10-11-21(23)32-24-13-12-22-25(33-24)34(15-17-40-22)27(36)31-20-8-6-5-7-9-20/h5-13,18H,14-17H2,1-4H3,(H,30,37)(H,31,36)(H,32,33). The Morgan fingerprint density at radius 1 is 1.05 bits per heavy atom. The van der Waals surface area contributed by atoms with Crippen LogP contribution in [-0.2, 0) is 9.47 Å². The van der Waals surface area contributed by atoms with Gasteiger partial charge in [-0.15, -0.1) is 0 Å². The summed E-state index contributed by atoms with van der Waals surface area (Å²) >= 11 is 0. The van der Waals surface area contributed by atoms with Gasteiger partial charge in [0.2, 0.25) is 0 Å². The largest absolute Gasteiger partial charge is 0.490 e. The summed E-state index contributed by atoms with van der Waals surface area (Å²) in [6.07, 6.45) is -0.566. The molecule has 0 atom stereocenters. The van der Waals surface area contributed by atoms with Crippen LogP contribution in [0, 0.1) is 0 Å². The number of urea groups is 1. The van der Waals surface area contributed by atoms with Gasteiger partial charge in [-0.25, -0.2) is 19.4 Å². The van der Waals surface area contributed by atoms with Gasteiger partial charge in [-0.2, -0.15) is 0 Å². The highest BCUT2D eigenvalue weighted by Gasteiger charge is 2.26. The number of nitrogens with zero attached hydrogens (tertiary/aromatic N) is 2. The van der Waals surface area contributed by atoms with Gasteiger partial charge in [0.1, 0.15) is 30.4 Å². The second-order valence-corrected chi connectivity index (χ2v) is 9.92. The van der Waals surface area contributed by atoms with E-state index in [-0.39, 0.29) is 24.7 Å². The molecular formula is C29H33N5O7.